The van der Waals surface area contributed by atoms with Crippen LogP contribution in [-0.4, -0.2) is 38.1 Å². The highest BCUT2D eigenvalue weighted by Crippen LogP contribution is 2.30. The van der Waals surface area contributed by atoms with Gasteiger partial charge in [-0.25, -0.2) is 0 Å². The highest BCUT2D eigenvalue weighted by molar-refractivity contribution is 4.86. The molecule has 0 spiro atoms. The summed E-state index contributed by atoms with van der Waals surface area (Å²) in [6, 6.07) is 0. The van der Waals surface area contributed by atoms with Crippen molar-refractivity contribution in [2.45, 2.75) is 39.5 Å². The van der Waals surface area contributed by atoms with Crippen molar-refractivity contribution in [1.29, 1.82) is 0 Å². The predicted octanol–water partition coefficient (Wildman–Crippen LogP) is 2.11. The van der Waals surface area contributed by atoms with E-state index in [1.807, 2.05) is 0 Å². The molecule has 0 amide bonds. The quantitative estimate of drug-likeness (QED) is 0.728. The van der Waals surface area contributed by atoms with Gasteiger partial charge in [-0.05, 0) is 51.2 Å². The van der Waals surface area contributed by atoms with Gasteiger partial charge in [0, 0.05) is 13.1 Å². The summed E-state index contributed by atoms with van der Waals surface area (Å²) in [6.45, 7) is 9.55. The van der Waals surface area contributed by atoms with Crippen molar-refractivity contribution >= 4 is 0 Å². The van der Waals surface area contributed by atoms with E-state index in [9.17, 15) is 0 Å². The van der Waals surface area contributed by atoms with Gasteiger partial charge in [-0.15, -0.1) is 0 Å². The van der Waals surface area contributed by atoms with Crippen molar-refractivity contribution in [2.75, 3.05) is 33.2 Å². The van der Waals surface area contributed by atoms with Crippen LogP contribution in [0.2, 0.25) is 0 Å². The van der Waals surface area contributed by atoms with E-state index in [1.54, 1.807) is 0 Å². The van der Waals surface area contributed by atoms with E-state index >= 15 is 0 Å². The van der Waals surface area contributed by atoms with E-state index in [0.717, 1.165) is 0 Å². The first-order chi connectivity index (χ1) is 6.72. The Bertz CT molecular complexity index is 150. The smallest absolute Gasteiger partial charge is 0.00470 e. The molecule has 2 heteroatoms. The zero-order valence-electron chi connectivity index (χ0n) is 10.1. The van der Waals surface area contributed by atoms with Gasteiger partial charge in [0.25, 0.3) is 0 Å². The van der Waals surface area contributed by atoms with Crippen molar-refractivity contribution < 1.29 is 0 Å². The van der Waals surface area contributed by atoms with Crippen molar-refractivity contribution in [3.63, 3.8) is 0 Å². The van der Waals surface area contributed by atoms with E-state index in [4.69, 9.17) is 0 Å². The molecule has 2 nitrogen and oxygen atoms in total. The first-order valence-electron chi connectivity index (χ1n) is 6.12. The minimum absolute atomic E-state index is 0.558. The van der Waals surface area contributed by atoms with Gasteiger partial charge >= 0.3 is 0 Å². The van der Waals surface area contributed by atoms with Gasteiger partial charge in [0.1, 0.15) is 0 Å². The second-order valence-electron chi connectivity index (χ2n) is 4.87. The van der Waals surface area contributed by atoms with Crippen LogP contribution < -0.4 is 5.32 Å². The molecule has 1 atom stereocenters. The molecule has 0 aliphatic carbocycles. The fourth-order valence-electron chi connectivity index (χ4n) is 2.61. The number of piperidine rings is 1. The Labute approximate surface area is 89.1 Å². The first-order valence-corrected chi connectivity index (χ1v) is 6.12. The van der Waals surface area contributed by atoms with Crippen molar-refractivity contribution in [1.82, 2.24) is 10.2 Å². The lowest BCUT2D eigenvalue weighted by Gasteiger charge is -2.40. The second-order valence-corrected chi connectivity index (χ2v) is 4.87. The van der Waals surface area contributed by atoms with Gasteiger partial charge < -0.3 is 10.2 Å². The van der Waals surface area contributed by atoms with Crippen LogP contribution in [0, 0.1) is 5.41 Å². The largest absolute Gasteiger partial charge is 0.316 e. The molecule has 1 heterocycles. The summed E-state index contributed by atoms with van der Waals surface area (Å²) < 4.78 is 0. The minimum atomic E-state index is 0.558. The number of hydrogen-bond donors (Lipinski definition) is 1. The molecular weight excluding hydrogens is 172 g/mol. The molecule has 0 aromatic rings. The average molecular weight is 198 g/mol. The summed E-state index contributed by atoms with van der Waals surface area (Å²) in [6.07, 6.45) is 5.34. The van der Waals surface area contributed by atoms with Crippen LogP contribution in [0.15, 0.2) is 0 Å². The molecule has 1 fully saturated rings. The molecule has 1 aliphatic heterocycles. The van der Waals surface area contributed by atoms with Crippen LogP contribution in [0.1, 0.15) is 39.5 Å². The van der Waals surface area contributed by atoms with E-state index in [1.165, 1.54) is 51.9 Å². The molecule has 14 heavy (non-hydrogen) atoms. The van der Waals surface area contributed by atoms with Gasteiger partial charge in [-0.2, -0.15) is 0 Å². The van der Waals surface area contributed by atoms with Crippen LogP contribution in [0.5, 0.6) is 0 Å². The summed E-state index contributed by atoms with van der Waals surface area (Å²) in [7, 11) is 2.26. The Morgan fingerprint density at radius 3 is 2.64 bits per heavy atom. The van der Waals surface area contributed by atoms with E-state index < -0.39 is 0 Å². The summed E-state index contributed by atoms with van der Waals surface area (Å²) in [4.78, 5) is 2.50. The van der Waals surface area contributed by atoms with E-state index in [2.05, 4.69) is 31.1 Å². The SMILES string of the molecule is CCCN(C)CC1(CC)CCCNC1. The first kappa shape index (κ1) is 12.0. The summed E-state index contributed by atoms with van der Waals surface area (Å²) in [5.74, 6) is 0. The molecule has 0 aromatic carbocycles. The number of rotatable bonds is 5. The van der Waals surface area contributed by atoms with Crippen LogP contribution in [0.4, 0.5) is 0 Å². The maximum absolute atomic E-state index is 3.55. The molecule has 0 saturated carbocycles. The monoisotopic (exact) mass is 198 g/mol. The van der Waals surface area contributed by atoms with Gasteiger partial charge in [-0.1, -0.05) is 13.8 Å². The Kier molecular flexibility index (Phi) is 4.90. The van der Waals surface area contributed by atoms with E-state index in [-0.39, 0.29) is 0 Å². The highest BCUT2D eigenvalue weighted by Gasteiger charge is 2.30. The predicted molar refractivity (Wildman–Crippen MR) is 62.6 cm³/mol. The topological polar surface area (TPSA) is 15.3 Å². The van der Waals surface area contributed by atoms with E-state index in [0.29, 0.717) is 5.41 Å². The lowest BCUT2D eigenvalue weighted by Crippen LogP contribution is -2.46. The van der Waals surface area contributed by atoms with Crippen LogP contribution in [0.25, 0.3) is 0 Å². The molecule has 1 unspecified atom stereocenters. The molecule has 1 aliphatic rings. The Morgan fingerprint density at radius 2 is 2.14 bits per heavy atom. The standard InChI is InChI=1S/C12H26N2/c1-4-9-14(3)11-12(5-2)7-6-8-13-10-12/h13H,4-11H2,1-3H3. The number of nitrogens with zero attached hydrogens (tertiary/aromatic N) is 1. The third-order valence-electron chi connectivity index (χ3n) is 3.52. The second kappa shape index (κ2) is 5.72. The zero-order chi connectivity index (χ0) is 10.4. The summed E-state index contributed by atoms with van der Waals surface area (Å²) in [5, 5.41) is 3.55. The molecule has 84 valence electrons. The fourth-order valence-corrected chi connectivity index (χ4v) is 2.61. The summed E-state index contributed by atoms with van der Waals surface area (Å²) >= 11 is 0. The maximum atomic E-state index is 3.55. The molecule has 1 saturated heterocycles. The number of nitrogens with one attached hydrogen (secondary N) is 1. The van der Waals surface area contributed by atoms with Gasteiger partial charge in [0.05, 0.1) is 0 Å². The van der Waals surface area contributed by atoms with Crippen molar-refractivity contribution in [3.05, 3.63) is 0 Å². The third-order valence-corrected chi connectivity index (χ3v) is 3.52. The van der Waals surface area contributed by atoms with Crippen LogP contribution in [0.3, 0.4) is 0 Å². The molecule has 1 rings (SSSR count). The molecular formula is C12H26N2. The lowest BCUT2D eigenvalue weighted by atomic mass is 9.78. The molecule has 0 aromatic heterocycles. The third kappa shape index (κ3) is 3.25. The molecule has 0 bridgehead atoms. The van der Waals surface area contributed by atoms with Crippen LogP contribution in [-0.2, 0) is 0 Å². The number of hydrogen-bond acceptors (Lipinski definition) is 2. The van der Waals surface area contributed by atoms with Crippen molar-refractivity contribution in [3.8, 4) is 0 Å². The Morgan fingerprint density at radius 1 is 1.36 bits per heavy atom. The van der Waals surface area contributed by atoms with Gasteiger partial charge in [0.2, 0.25) is 0 Å². The molecule has 1 N–H and O–H groups in total. The average Bonchev–Trinajstić information content (AvgIpc) is 2.19. The Hall–Kier alpha value is -0.0800. The fraction of sp³-hybridized carbons (Fsp3) is 1.00. The zero-order valence-corrected chi connectivity index (χ0v) is 10.1. The lowest BCUT2D eigenvalue weighted by molar-refractivity contribution is 0.128. The Balaban J connectivity index is 2.42. The normalized spacial score (nSPS) is 28.3. The van der Waals surface area contributed by atoms with Crippen LogP contribution >= 0.6 is 0 Å². The van der Waals surface area contributed by atoms with Crippen molar-refractivity contribution in [2.24, 2.45) is 5.41 Å². The molecule has 0 radical (unpaired) electrons. The van der Waals surface area contributed by atoms with Gasteiger partial charge in [0.15, 0.2) is 0 Å². The maximum Gasteiger partial charge on any atom is 0.00470 e. The summed E-state index contributed by atoms with van der Waals surface area (Å²) in [5.41, 5.74) is 0.558. The van der Waals surface area contributed by atoms with Gasteiger partial charge in [-0.3, -0.25) is 0 Å². The highest BCUT2D eigenvalue weighted by atomic mass is 15.1. The minimum Gasteiger partial charge on any atom is -0.316 e.